The first-order chi connectivity index (χ1) is 11.4. The lowest BCUT2D eigenvalue weighted by Gasteiger charge is -2.26. The molecule has 0 saturated heterocycles. The molecule has 2 aromatic carbocycles. The van der Waals surface area contributed by atoms with E-state index in [2.05, 4.69) is 12.1 Å². The van der Waals surface area contributed by atoms with Crippen molar-refractivity contribution in [1.29, 1.82) is 0 Å². The molecule has 0 saturated carbocycles. The monoisotopic (exact) mass is 327 g/mol. The van der Waals surface area contributed by atoms with Crippen LogP contribution in [0, 0.1) is 5.92 Å². The highest BCUT2D eigenvalue weighted by atomic mass is 16.5. The first-order valence-electron chi connectivity index (χ1n) is 8.23. The van der Waals surface area contributed by atoms with Gasteiger partial charge in [0, 0.05) is 12.8 Å². The molecular weight excluding hydrogens is 302 g/mol. The standard InChI is InChI=1S/C20H25NO3/c1-3-24-19(22)15(2)13-20(21,23)14-16-9-11-18(12-10-16)17-7-5-4-6-8-17/h4-12,15,23H,3,13-14,21H2,1-2H3/t15-,20?/m1/s1. The van der Waals surface area contributed by atoms with Gasteiger partial charge >= 0.3 is 5.97 Å². The smallest absolute Gasteiger partial charge is 0.308 e. The Morgan fingerprint density at radius 3 is 2.29 bits per heavy atom. The van der Waals surface area contributed by atoms with E-state index in [1.165, 1.54) is 0 Å². The van der Waals surface area contributed by atoms with Gasteiger partial charge in [-0.25, -0.2) is 0 Å². The van der Waals surface area contributed by atoms with E-state index in [0.29, 0.717) is 6.61 Å². The molecule has 0 heterocycles. The molecule has 0 aromatic heterocycles. The molecule has 2 aromatic rings. The van der Waals surface area contributed by atoms with Crippen molar-refractivity contribution in [3.63, 3.8) is 0 Å². The van der Waals surface area contributed by atoms with E-state index in [1.807, 2.05) is 42.5 Å². The van der Waals surface area contributed by atoms with Crippen molar-refractivity contribution in [3.8, 4) is 11.1 Å². The van der Waals surface area contributed by atoms with Gasteiger partial charge in [-0.05, 0) is 23.6 Å². The summed E-state index contributed by atoms with van der Waals surface area (Å²) in [7, 11) is 0. The van der Waals surface area contributed by atoms with Crippen molar-refractivity contribution < 1.29 is 14.6 Å². The molecule has 0 spiro atoms. The lowest BCUT2D eigenvalue weighted by Crippen LogP contribution is -2.44. The average Bonchev–Trinajstić information content (AvgIpc) is 2.55. The quantitative estimate of drug-likeness (QED) is 0.605. The molecule has 0 aliphatic carbocycles. The van der Waals surface area contributed by atoms with Gasteiger partial charge < -0.3 is 15.6 Å². The number of rotatable bonds is 7. The van der Waals surface area contributed by atoms with Crippen LogP contribution in [0.4, 0.5) is 0 Å². The molecule has 4 heteroatoms. The fourth-order valence-electron chi connectivity index (χ4n) is 2.77. The number of carbonyl (C=O) groups is 1. The lowest BCUT2D eigenvalue weighted by molar-refractivity contribution is -0.149. The maximum atomic E-state index is 11.7. The van der Waals surface area contributed by atoms with Crippen molar-refractivity contribution in [2.75, 3.05) is 6.61 Å². The van der Waals surface area contributed by atoms with Crippen molar-refractivity contribution in [1.82, 2.24) is 0 Å². The minimum atomic E-state index is -1.44. The van der Waals surface area contributed by atoms with Gasteiger partial charge in [0.15, 0.2) is 0 Å². The molecule has 0 aliphatic heterocycles. The fraction of sp³-hybridized carbons (Fsp3) is 0.350. The Labute approximate surface area is 143 Å². The number of ether oxygens (including phenoxy) is 1. The summed E-state index contributed by atoms with van der Waals surface area (Å²) in [6.45, 7) is 3.80. The van der Waals surface area contributed by atoms with Crippen LogP contribution in [0.15, 0.2) is 54.6 Å². The van der Waals surface area contributed by atoms with Crippen LogP contribution < -0.4 is 5.73 Å². The second kappa shape index (κ2) is 8.08. The second-order valence-electron chi connectivity index (χ2n) is 6.20. The number of nitrogens with two attached hydrogens (primary N) is 1. The Morgan fingerprint density at radius 2 is 1.71 bits per heavy atom. The summed E-state index contributed by atoms with van der Waals surface area (Å²) < 4.78 is 4.96. The van der Waals surface area contributed by atoms with Gasteiger partial charge in [0.05, 0.1) is 12.5 Å². The number of hydrogen-bond donors (Lipinski definition) is 2. The Kier molecular flexibility index (Phi) is 6.12. The zero-order chi connectivity index (χ0) is 17.6. The molecule has 0 bridgehead atoms. The van der Waals surface area contributed by atoms with Crippen LogP contribution in [-0.2, 0) is 16.0 Å². The van der Waals surface area contributed by atoms with Gasteiger partial charge in [-0.2, -0.15) is 0 Å². The van der Waals surface area contributed by atoms with Gasteiger partial charge in [-0.3, -0.25) is 4.79 Å². The van der Waals surface area contributed by atoms with Crippen LogP contribution in [0.1, 0.15) is 25.8 Å². The molecule has 4 nitrogen and oxygen atoms in total. The maximum absolute atomic E-state index is 11.7. The summed E-state index contributed by atoms with van der Waals surface area (Å²) in [4.78, 5) is 11.7. The van der Waals surface area contributed by atoms with Gasteiger partial charge in [0.2, 0.25) is 0 Å². The van der Waals surface area contributed by atoms with E-state index in [4.69, 9.17) is 10.5 Å². The zero-order valence-electron chi connectivity index (χ0n) is 14.2. The SMILES string of the molecule is CCOC(=O)[C@H](C)CC(N)(O)Cc1ccc(-c2ccccc2)cc1. The average molecular weight is 327 g/mol. The highest BCUT2D eigenvalue weighted by molar-refractivity contribution is 5.72. The minimum Gasteiger partial charge on any atom is -0.466 e. The molecule has 3 N–H and O–H groups in total. The van der Waals surface area contributed by atoms with Crippen molar-refractivity contribution in [2.45, 2.75) is 32.4 Å². The van der Waals surface area contributed by atoms with Gasteiger partial charge in [0.25, 0.3) is 0 Å². The van der Waals surface area contributed by atoms with E-state index in [-0.39, 0.29) is 18.8 Å². The van der Waals surface area contributed by atoms with E-state index >= 15 is 0 Å². The highest BCUT2D eigenvalue weighted by Gasteiger charge is 2.28. The Morgan fingerprint density at radius 1 is 1.12 bits per heavy atom. The van der Waals surface area contributed by atoms with Gasteiger partial charge in [-0.15, -0.1) is 0 Å². The summed E-state index contributed by atoms with van der Waals surface area (Å²) in [5.41, 5.74) is 7.72. The molecule has 0 radical (unpaired) electrons. The number of benzene rings is 2. The molecule has 0 aliphatic rings. The molecule has 1 unspecified atom stereocenters. The number of aliphatic hydroxyl groups is 1. The summed E-state index contributed by atoms with van der Waals surface area (Å²) in [5.74, 6) is -0.774. The maximum Gasteiger partial charge on any atom is 0.308 e. The third-order valence-electron chi connectivity index (χ3n) is 3.92. The third kappa shape index (κ3) is 5.18. The van der Waals surface area contributed by atoms with Crippen LogP contribution in [0.25, 0.3) is 11.1 Å². The van der Waals surface area contributed by atoms with Gasteiger partial charge in [0.1, 0.15) is 5.72 Å². The van der Waals surface area contributed by atoms with Crippen molar-refractivity contribution in [2.24, 2.45) is 11.7 Å². The normalized spacial score (nSPS) is 14.7. The summed E-state index contributed by atoms with van der Waals surface area (Å²) in [5, 5.41) is 10.4. The first-order valence-corrected chi connectivity index (χ1v) is 8.23. The predicted octanol–water partition coefficient (Wildman–Crippen LogP) is 3.13. The summed E-state index contributed by atoms with van der Waals surface area (Å²) >= 11 is 0. The second-order valence-corrected chi connectivity index (χ2v) is 6.20. The fourth-order valence-corrected chi connectivity index (χ4v) is 2.77. The van der Waals surface area contributed by atoms with Gasteiger partial charge in [-0.1, -0.05) is 61.5 Å². The van der Waals surface area contributed by atoms with E-state index in [0.717, 1.165) is 16.7 Å². The van der Waals surface area contributed by atoms with Crippen LogP contribution in [0.3, 0.4) is 0 Å². The van der Waals surface area contributed by atoms with Crippen molar-refractivity contribution in [3.05, 3.63) is 60.2 Å². The number of esters is 1. The molecular formula is C20H25NO3. The van der Waals surface area contributed by atoms with Crippen LogP contribution in [-0.4, -0.2) is 23.4 Å². The molecule has 24 heavy (non-hydrogen) atoms. The lowest BCUT2D eigenvalue weighted by atomic mass is 9.92. The largest absolute Gasteiger partial charge is 0.466 e. The molecule has 0 fully saturated rings. The molecule has 0 amide bonds. The van der Waals surface area contributed by atoms with E-state index < -0.39 is 11.6 Å². The summed E-state index contributed by atoms with van der Waals surface area (Å²) in [6.07, 6.45) is 0.443. The Hall–Kier alpha value is -2.17. The number of hydrogen-bond acceptors (Lipinski definition) is 4. The molecule has 128 valence electrons. The molecule has 2 atom stereocenters. The van der Waals surface area contributed by atoms with E-state index in [9.17, 15) is 9.90 Å². The summed E-state index contributed by atoms with van der Waals surface area (Å²) in [6, 6.07) is 18.0. The van der Waals surface area contributed by atoms with Crippen LogP contribution >= 0.6 is 0 Å². The van der Waals surface area contributed by atoms with Crippen molar-refractivity contribution >= 4 is 5.97 Å². The molecule has 2 rings (SSSR count). The Balaban J connectivity index is 2.00. The first kappa shape index (κ1) is 18.2. The highest BCUT2D eigenvalue weighted by Crippen LogP contribution is 2.22. The van der Waals surface area contributed by atoms with E-state index in [1.54, 1.807) is 13.8 Å². The third-order valence-corrected chi connectivity index (χ3v) is 3.92. The minimum absolute atomic E-state index is 0.159. The Bertz CT molecular complexity index is 650. The van der Waals surface area contributed by atoms with Crippen LogP contribution in [0.2, 0.25) is 0 Å². The predicted molar refractivity (Wildman–Crippen MR) is 95.1 cm³/mol. The topological polar surface area (TPSA) is 72.5 Å². The zero-order valence-corrected chi connectivity index (χ0v) is 14.2. The number of carbonyl (C=O) groups excluding carboxylic acids is 1. The van der Waals surface area contributed by atoms with Crippen LogP contribution in [0.5, 0.6) is 0 Å².